The normalized spacial score (nSPS) is 15.6. The minimum Gasteiger partial charge on any atom is -0.460 e. The number of hydrogen-bond donors (Lipinski definition) is 0. The Balaban J connectivity index is 0.00000144. The van der Waals surface area contributed by atoms with E-state index in [4.69, 9.17) is 9.15 Å². The van der Waals surface area contributed by atoms with Gasteiger partial charge in [-0.3, -0.25) is 4.90 Å². The summed E-state index contributed by atoms with van der Waals surface area (Å²) in [5.74, 6) is -0.132. The van der Waals surface area contributed by atoms with Crippen molar-refractivity contribution >= 4 is 41.8 Å². The summed E-state index contributed by atoms with van der Waals surface area (Å²) in [6, 6.07) is 7.86. The Labute approximate surface area is 154 Å². The lowest BCUT2D eigenvalue weighted by atomic mass is 10.1. The van der Waals surface area contributed by atoms with Crippen LogP contribution >= 0.6 is 24.8 Å². The first-order chi connectivity index (χ1) is 10.7. The van der Waals surface area contributed by atoms with Gasteiger partial charge in [0.15, 0.2) is 0 Å². The average Bonchev–Trinajstić information content (AvgIpc) is 2.93. The molecule has 0 unspecified atom stereocenters. The van der Waals surface area contributed by atoms with Crippen LogP contribution in [0.25, 0.3) is 11.0 Å². The monoisotopic (exact) mass is 374 g/mol. The van der Waals surface area contributed by atoms with Crippen molar-refractivity contribution in [2.24, 2.45) is 0 Å². The summed E-state index contributed by atoms with van der Waals surface area (Å²) in [6.45, 7) is 7.48. The molecule has 5 nitrogen and oxygen atoms in total. The number of rotatable bonds is 4. The molecular formula is C17H24Cl2N2O3. The zero-order chi connectivity index (χ0) is 15.5. The van der Waals surface area contributed by atoms with E-state index in [0.717, 1.165) is 43.7 Å². The maximum atomic E-state index is 11.7. The Hall–Kier alpha value is -1.27. The van der Waals surface area contributed by atoms with Crippen LogP contribution in [0.5, 0.6) is 0 Å². The third-order valence-corrected chi connectivity index (χ3v) is 4.06. The van der Waals surface area contributed by atoms with Crippen LogP contribution in [0.3, 0.4) is 0 Å². The van der Waals surface area contributed by atoms with Gasteiger partial charge in [0.1, 0.15) is 5.58 Å². The molecule has 0 amide bonds. The first-order valence-electron chi connectivity index (χ1n) is 7.76. The number of ether oxygens (including phenoxy) is 1. The molecule has 24 heavy (non-hydrogen) atoms. The molecule has 1 saturated heterocycles. The molecule has 1 fully saturated rings. The molecule has 0 aliphatic carbocycles. The summed E-state index contributed by atoms with van der Waals surface area (Å²) in [7, 11) is 2.16. The van der Waals surface area contributed by atoms with Gasteiger partial charge in [-0.25, -0.2) is 4.79 Å². The molecule has 2 heterocycles. The highest BCUT2D eigenvalue weighted by molar-refractivity contribution is 5.92. The van der Waals surface area contributed by atoms with Crippen LogP contribution in [0.15, 0.2) is 28.7 Å². The average molecular weight is 375 g/mol. The second-order valence-electron chi connectivity index (χ2n) is 5.78. The molecule has 1 aliphatic heterocycles. The standard InChI is InChI=1S/C17H22N2O3.2ClH/c1-3-21-17(20)16-11-14-10-13(4-5-15(14)22-16)12-19-8-6-18(2)7-9-19;;/h4-5,10-11H,3,6-9,12H2,1-2H3;2*1H. The fraction of sp³-hybridized carbons (Fsp3) is 0.471. The van der Waals surface area contributed by atoms with E-state index in [2.05, 4.69) is 29.0 Å². The van der Waals surface area contributed by atoms with Gasteiger partial charge in [0, 0.05) is 38.1 Å². The largest absolute Gasteiger partial charge is 0.460 e. The second-order valence-corrected chi connectivity index (χ2v) is 5.78. The summed E-state index contributed by atoms with van der Waals surface area (Å²) in [4.78, 5) is 16.5. The van der Waals surface area contributed by atoms with Gasteiger partial charge >= 0.3 is 5.97 Å². The number of carbonyl (C=O) groups excluding carboxylic acids is 1. The molecule has 0 atom stereocenters. The fourth-order valence-electron chi connectivity index (χ4n) is 2.76. The minimum absolute atomic E-state index is 0. The molecular weight excluding hydrogens is 351 g/mol. The Morgan fingerprint density at radius 1 is 1.17 bits per heavy atom. The first kappa shape index (κ1) is 20.8. The van der Waals surface area contributed by atoms with Crippen molar-refractivity contribution in [1.29, 1.82) is 0 Å². The number of furan rings is 1. The minimum atomic E-state index is -0.403. The maximum absolute atomic E-state index is 11.7. The molecule has 2 aromatic rings. The number of benzene rings is 1. The lowest BCUT2D eigenvalue weighted by molar-refractivity contribution is 0.0492. The van der Waals surface area contributed by atoms with Crippen molar-refractivity contribution in [3.05, 3.63) is 35.6 Å². The molecule has 0 radical (unpaired) electrons. The molecule has 1 aliphatic rings. The number of hydrogen-bond acceptors (Lipinski definition) is 5. The Bertz CT molecular complexity index is 667. The number of likely N-dealkylation sites (N-methyl/N-ethyl adjacent to an activating group) is 1. The molecule has 134 valence electrons. The van der Waals surface area contributed by atoms with Crippen molar-refractivity contribution in [1.82, 2.24) is 9.80 Å². The summed E-state index contributed by atoms with van der Waals surface area (Å²) in [6.07, 6.45) is 0. The number of halogens is 2. The molecule has 1 aromatic carbocycles. The molecule has 0 saturated carbocycles. The predicted molar refractivity (Wildman–Crippen MR) is 99.4 cm³/mol. The van der Waals surface area contributed by atoms with Crippen molar-refractivity contribution in [3.8, 4) is 0 Å². The van der Waals surface area contributed by atoms with E-state index in [1.54, 1.807) is 13.0 Å². The van der Waals surface area contributed by atoms with Gasteiger partial charge in [-0.05, 0) is 37.7 Å². The zero-order valence-corrected chi connectivity index (χ0v) is 15.6. The molecule has 7 heteroatoms. The smallest absolute Gasteiger partial charge is 0.374 e. The molecule has 3 rings (SSSR count). The van der Waals surface area contributed by atoms with Gasteiger partial charge in [0.2, 0.25) is 5.76 Å². The van der Waals surface area contributed by atoms with Crippen LogP contribution in [0.4, 0.5) is 0 Å². The van der Waals surface area contributed by atoms with E-state index in [1.807, 2.05) is 6.07 Å². The van der Waals surface area contributed by atoms with E-state index in [9.17, 15) is 4.79 Å². The predicted octanol–water partition coefficient (Wildman–Crippen LogP) is 3.20. The van der Waals surface area contributed by atoms with Crippen molar-refractivity contribution in [3.63, 3.8) is 0 Å². The van der Waals surface area contributed by atoms with E-state index in [1.165, 1.54) is 5.56 Å². The maximum Gasteiger partial charge on any atom is 0.374 e. The van der Waals surface area contributed by atoms with Crippen LogP contribution in [0.2, 0.25) is 0 Å². The molecule has 0 N–H and O–H groups in total. The Kier molecular flexibility index (Phi) is 8.03. The van der Waals surface area contributed by atoms with Gasteiger partial charge in [0.05, 0.1) is 6.61 Å². The third-order valence-electron chi connectivity index (χ3n) is 4.06. The number of fused-ring (bicyclic) bond motifs is 1. The van der Waals surface area contributed by atoms with Crippen molar-refractivity contribution in [2.45, 2.75) is 13.5 Å². The lowest BCUT2D eigenvalue weighted by Gasteiger charge is -2.32. The van der Waals surface area contributed by atoms with Crippen LogP contribution in [-0.2, 0) is 11.3 Å². The van der Waals surface area contributed by atoms with Gasteiger partial charge in [-0.2, -0.15) is 0 Å². The zero-order valence-electron chi connectivity index (χ0n) is 14.0. The van der Waals surface area contributed by atoms with Crippen molar-refractivity contribution < 1.29 is 13.9 Å². The van der Waals surface area contributed by atoms with E-state index in [0.29, 0.717) is 6.61 Å². The highest BCUT2D eigenvalue weighted by atomic mass is 35.5. The highest BCUT2D eigenvalue weighted by Crippen LogP contribution is 2.22. The van der Waals surface area contributed by atoms with Gasteiger partial charge < -0.3 is 14.1 Å². The van der Waals surface area contributed by atoms with Gasteiger partial charge in [0.25, 0.3) is 0 Å². The second kappa shape index (κ2) is 9.28. The van der Waals surface area contributed by atoms with Crippen LogP contribution in [-0.4, -0.2) is 55.6 Å². The Morgan fingerprint density at radius 3 is 2.54 bits per heavy atom. The van der Waals surface area contributed by atoms with Crippen LogP contribution < -0.4 is 0 Å². The highest BCUT2D eigenvalue weighted by Gasteiger charge is 2.16. The lowest BCUT2D eigenvalue weighted by Crippen LogP contribution is -2.43. The third kappa shape index (κ3) is 4.86. The molecule has 1 aromatic heterocycles. The summed E-state index contributed by atoms with van der Waals surface area (Å²) in [5.41, 5.74) is 1.97. The number of piperazine rings is 1. The van der Waals surface area contributed by atoms with E-state index < -0.39 is 5.97 Å². The Morgan fingerprint density at radius 2 is 1.88 bits per heavy atom. The summed E-state index contributed by atoms with van der Waals surface area (Å²) in [5, 5.41) is 0.953. The SMILES string of the molecule is CCOC(=O)c1cc2cc(CN3CCN(C)CC3)ccc2o1.Cl.Cl. The topological polar surface area (TPSA) is 45.9 Å². The fourth-order valence-corrected chi connectivity index (χ4v) is 2.76. The van der Waals surface area contributed by atoms with Crippen LogP contribution in [0.1, 0.15) is 23.0 Å². The quantitative estimate of drug-likeness (QED) is 0.768. The van der Waals surface area contributed by atoms with E-state index >= 15 is 0 Å². The van der Waals surface area contributed by atoms with Gasteiger partial charge in [-0.1, -0.05) is 6.07 Å². The molecule has 0 spiro atoms. The molecule has 0 bridgehead atoms. The van der Waals surface area contributed by atoms with Crippen molar-refractivity contribution in [2.75, 3.05) is 39.8 Å². The van der Waals surface area contributed by atoms with Crippen LogP contribution in [0, 0.1) is 0 Å². The summed E-state index contributed by atoms with van der Waals surface area (Å²) >= 11 is 0. The number of carbonyl (C=O) groups is 1. The van der Waals surface area contributed by atoms with Gasteiger partial charge in [-0.15, -0.1) is 24.8 Å². The first-order valence-corrected chi connectivity index (χ1v) is 7.76. The number of nitrogens with zero attached hydrogens (tertiary/aromatic N) is 2. The van der Waals surface area contributed by atoms with E-state index in [-0.39, 0.29) is 30.6 Å². The number of esters is 1. The summed E-state index contributed by atoms with van der Waals surface area (Å²) < 4.78 is 10.5.